The van der Waals surface area contributed by atoms with Crippen LogP contribution in [0.2, 0.25) is 0 Å². The molecule has 1 aromatic rings. The number of nitrogens with one attached hydrogen (secondary N) is 1. The lowest BCUT2D eigenvalue weighted by Gasteiger charge is -2.24. The SMILES string of the molecule is FC(F)(F)c1cccc(OC2CCCNC2)c1. The van der Waals surface area contributed by atoms with Crippen LogP contribution in [0, 0.1) is 0 Å². The van der Waals surface area contributed by atoms with Gasteiger partial charge in [0.05, 0.1) is 5.56 Å². The van der Waals surface area contributed by atoms with Crippen LogP contribution in [0.3, 0.4) is 0 Å². The van der Waals surface area contributed by atoms with Crippen LogP contribution in [0.25, 0.3) is 0 Å². The Hall–Kier alpha value is -1.23. The van der Waals surface area contributed by atoms with Crippen LogP contribution in [-0.2, 0) is 6.18 Å². The largest absolute Gasteiger partial charge is 0.489 e. The summed E-state index contributed by atoms with van der Waals surface area (Å²) in [5.41, 5.74) is -0.668. The molecule has 0 bridgehead atoms. The smallest absolute Gasteiger partial charge is 0.416 e. The van der Waals surface area contributed by atoms with E-state index < -0.39 is 11.7 Å². The molecule has 1 atom stereocenters. The van der Waals surface area contributed by atoms with Crippen LogP contribution < -0.4 is 10.1 Å². The monoisotopic (exact) mass is 245 g/mol. The van der Waals surface area contributed by atoms with E-state index in [4.69, 9.17) is 4.74 Å². The summed E-state index contributed by atoms with van der Waals surface area (Å²) < 4.78 is 43.0. The first-order chi connectivity index (χ1) is 8.05. The highest BCUT2D eigenvalue weighted by molar-refractivity contribution is 5.30. The number of hydrogen-bond donors (Lipinski definition) is 1. The van der Waals surface area contributed by atoms with Crippen molar-refractivity contribution >= 4 is 0 Å². The fraction of sp³-hybridized carbons (Fsp3) is 0.500. The molecule has 2 rings (SSSR count). The van der Waals surface area contributed by atoms with Crippen LogP contribution in [0.5, 0.6) is 5.75 Å². The van der Waals surface area contributed by atoms with Gasteiger partial charge in [-0.1, -0.05) is 6.07 Å². The molecular formula is C12H14F3NO. The van der Waals surface area contributed by atoms with Gasteiger partial charge in [0, 0.05) is 6.54 Å². The average molecular weight is 245 g/mol. The number of rotatable bonds is 2. The van der Waals surface area contributed by atoms with Gasteiger partial charge in [-0.3, -0.25) is 0 Å². The molecule has 2 nitrogen and oxygen atoms in total. The van der Waals surface area contributed by atoms with Gasteiger partial charge in [0.15, 0.2) is 0 Å². The van der Waals surface area contributed by atoms with Gasteiger partial charge in [-0.2, -0.15) is 13.2 Å². The molecule has 94 valence electrons. The molecule has 0 saturated carbocycles. The Labute approximate surface area is 97.8 Å². The molecule has 1 heterocycles. The summed E-state index contributed by atoms with van der Waals surface area (Å²) in [6.45, 7) is 1.64. The van der Waals surface area contributed by atoms with E-state index in [0.29, 0.717) is 6.54 Å². The minimum Gasteiger partial charge on any atom is -0.489 e. The van der Waals surface area contributed by atoms with Crippen molar-refractivity contribution in [1.29, 1.82) is 0 Å². The van der Waals surface area contributed by atoms with Crippen molar-refractivity contribution in [2.75, 3.05) is 13.1 Å². The van der Waals surface area contributed by atoms with Crippen LogP contribution in [-0.4, -0.2) is 19.2 Å². The molecule has 0 spiro atoms. The standard InChI is InChI=1S/C12H14F3NO/c13-12(14,15)9-3-1-4-10(7-9)17-11-5-2-6-16-8-11/h1,3-4,7,11,16H,2,5-6,8H2. The van der Waals surface area contributed by atoms with E-state index in [-0.39, 0.29) is 11.9 Å². The maximum atomic E-state index is 12.5. The van der Waals surface area contributed by atoms with Crippen molar-refractivity contribution in [3.63, 3.8) is 0 Å². The highest BCUT2D eigenvalue weighted by Gasteiger charge is 2.30. The predicted molar refractivity (Wildman–Crippen MR) is 58.0 cm³/mol. The quantitative estimate of drug-likeness (QED) is 0.865. The Morgan fingerprint density at radius 1 is 1.29 bits per heavy atom. The highest BCUT2D eigenvalue weighted by atomic mass is 19.4. The zero-order valence-electron chi connectivity index (χ0n) is 9.26. The second kappa shape index (κ2) is 4.96. The Morgan fingerprint density at radius 2 is 2.12 bits per heavy atom. The normalized spacial score (nSPS) is 21.2. The van der Waals surface area contributed by atoms with E-state index in [2.05, 4.69) is 5.32 Å². The topological polar surface area (TPSA) is 21.3 Å². The summed E-state index contributed by atoms with van der Waals surface area (Å²) >= 11 is 0. The summed E-state index contributed by atoms with van der Waals surface area (Å²) in [5, 5.41) is 3.15. The molecule has 0 aliphatic carbocycles. The molecule has 0 amide bonds. The van der Waals surface area contributed by atoms with Crippen LogP contribution in [0.4, 0.5) is 13.2 Å². The van der Waals surface area contributed by atoms with Crippen LogP contribution in [0.1, 0.15) is 18.4 Å². The van der Waals surface area contributed by atoms with Crippen molar-refractivity contribution in [2.24, 2.45) is 0 Å². The van der Waals surface area contributed by atoms with Crippen molar-refractivity contribution < 1.29 is 17.9 Å². The summed E-state index contributed by atoms with van der Waals surface area (Å²) in [6.07, 6.45) is -2.48. The van der Waals surface area contributed by atoms with Gasteiger partial charge >= 0.3 is 6.18 Å². The maximum absolute atomic E-state index is 12.5. The molecule has 17 heavy (non-hydrogen) atoms. The van der Waals surface area contributed by atoms with Crippen LogP contribution >= 0.6 is 0 Å². The van der Waals surface area contributed by atoms with E-state index in [9.17, 15) is 13.2 Å². The maximum Gasteiger partial charge on any atom is 0.416 e. The minimum absolute atomic E-state index is 0.0350. The average Bonchev–Trinajstić information content (AvgIpc) is 2.29. The molecule has 1 N–H and O–H groups in total. The third-order valence-corrected chi connectivity index (χ3v) is 2.72. The van der Waals surface area contributed by atoms with Gasteiger partial charge in [0.25, 0.3) is 0 Å². The summed E-state index contributed by atoms with van der Waals surface area (Å²) in [7, 11) is 0. The van der Waals surface area contributed by atoms with Crippen molar-refractivity contribution in [3.05, 3.63) is 29.8 Å². The predicted octanol–water partition coefficient (Wildman–Crippen LogP) is 2.84. The Bertz CT molecular complexity index is 372. The minimum atomic E-state index is -4.32. The number of hydrogen-bond acceptors (Lipinski definition) is 2. The third kappa shape index (κ3) is 3.36. The van der Waals surface area contributed by atoms with Gasteiger partial charge in [-0.05, 0) is 37.6 Å². The van der Waals surface area contributed by atoms with E-state index >= 15 is 0 Å². The molecule has 1 unspecified atom stereocenters. The van der Waals surface area contributed by atoms with E-state index in [1.165, 1.54) is 6.07 Å². The highest BCUT2D eigenvalue weighted by Crippen LogP contribution is 2.31. The fourth-order valence-corrected chi connectivity index (χ4v) is 1.86. The lowest BCUT2D eigenvalue weighted by atomic mass is 10.1. The number of ether oxygens (including phenoxy) is 1. The zero-order chi connectivity index (χ0) is 12.3. The number of benzene rings is 1. The molecule has 1 saturated heterocycles. The zero-order valence-corrected chi connectivity index (χ0v) is 9.26. The van der Waals surface area contributed by atoms with Crippen LogP contribution in [0.15, 0.2) is 24.3 Å². The third-order valence-electron chi connectivity index (χ3n) is 2.72. The first-order valence-corrected chi connectivity index (χ1v) is 5.60. The van der Waals surface area contributed by atoms with E-state index in [1.807, 2.05) is 0 Å². The number of piperidine rings is 1. The molecule has 1 aliphatic heterocycles. The number of halogens is 3. The first-order valence-electron chi connectivity index (χ1n) is 5.60. The van der Waals surface area contributed by atoms with E-state index in [1.54, 1.807) is 6.07 Å². The molecule has 1 aliphatic rings. The lowest BCUT2D eigenvalue weighted by Crippen LogP contribution is -2.37. The summed E-state index contributed by atoms with van der Waals surface area (Å²) in [6, 6.07) is 5.03. The van der Waals surface area contributed by atoms with Crippen molar-refractivity contribution in [2.45, 2.75) is 25.1 Å². The second-order valence-corrected chi connectivity index (χ2v) is 4.11. The molecule has 1 aromatic carbocycles. The summed E-state index contributed by atoms with van der Waals surface area (Å²) in [4.78, 5) is 0. The van der Waals surface area contributed by atoms with Gasteiger partial charge in [-0.15, -0.1) is 0 Å². The van der Waals surface area contributed by atoms with Gasteiger partial charge in [0.1, 0.15) is 11.9 Å². The lowest BCUT2D eigenvalue weighted by molar-refractivity contribution is -0.137. The summed E-state index contributed by atoms with van der Waals surface area (Å²) in [5.74, 6) is 0.286. The van der Waals surface area contributed by atoms with Gasteiger partial charge < -0.3 is 10.1 Å². The number of alkyl halides is 3. The van der Waals surface area contributed by atoms with E-state index in [0.717, 1.165) is 31.5 Å². The van der Waals surface area contributed by atoms with Crippen molar-refractivity contribution in [1.82, 2.24) is 5.32 Å². The molecule has 1 fully saturated rings. The first kappa shape index (κ1) is 12.2. The molecular weight excluding hydrogens is 231 g/mol. The Balaban J connectivity index is 2.05. The van der Waals surface area contributed by atoms with Gasteiger partial charge in [0.2, 0.25) is 0 Å². The van der Waals surface area contributed by atoms with Gasteiger partial charge in [-0.25, -0.2) is 0 Å². The Kier molecular flexibility index (Phi) is 3.57. The molecule has 0 aromatic heterocycles. The molecule has 5 heteroatoms. The second-order valence-electron chi connectivity index (χ2n) is 4.11. The van der Waals surface area contributed by atoms with Crippen molar-refractivity contribution in [3.8, 4) is 5.75 Å². The Morgan fingerprint density at radius 3 is 2.76 bits per heavy atom. The molecule has 0 radical (unpaired) electrons. The fourth-order valence-electron chi connectivity index (χ4n) is 1.86.